The number of carbonyl (C=O) groups is 2. The Hall–Kier alpha value is -1.46. The first-order chi connectivity index (χ1) is 8.36. The lowest BCUT2D eigenvalue weighted by atomic mass is 10.2. The van der Waals surface area contributed by atoms with E-state index in [9.17, 15) is 9.59 Å². The third-order valence-electron chi connectivity index (χ3n) is 2.19. The SMILES string of the molecule is CNC(=O)C(C)OC(=O)c1cc(N)c(Cl)c(Cl)c1. The highest BCUT2D eigenvalue weighted by atomic mass is 35.5. The molecule has 98 valence electrons. The van der Waals surface area contributed by atoms with Crippen LogP contribution in [0, 0.1) is 0 Å². The molecular weight excluding hydrogens is 279 g/mol. The predicted molar refractivity (Wildman–Crippen MR) is 69.8 cm³/mol. The molecule has 5 nitrogen and oxygen atoms in total. The Morgan fingerprint density at radius 3 is 2.50 bits per heavy atom. The molecule has 18 heavy (non-hydrogen) atoms. The van der Waals surface area contributed by atoms with Gasteiger partial charge in [-0.15, -0.1) is 0 Å². The van der Waals surface area contributed by atoms with Crippen molar-refractivity contribution in [2.75, 3.05) is 12.8 Å². The number of hydrogen-bond donors (Lipinski definition) is 2. The van der Waals surface area contributed by atoms with Gasteiger partial charge in [0.25, 0.3) is 5.91 Å². The van der Waals surface area contributed by atoms with Gasteiger partial charge in [0.2, 0.25) is 0 Å². The molecule has 0 saturated heterocycles. The van der Waals surface area contributed by atoms with Crippen LogP contribution in [0.1, 0.15) is 17.3 Å². The molecule has 0 bridgehead atoms. The average Bonchev–Trinajstić information content (AvgIpc) is 2.33. The van der Waals surface area contributed by atoms with Crippen LogP contribution in [0.5, 0.6) is 0 Å². The van der Waals surface area contributed by atoms with Crippen LogP contribution in [0.4, 0.5) is 5.69 Å². The molecule has 1 rings (SSSR count). The first-order valence-electron chi connectivity index (χ1n) is 5.04. The van der Waals surface area contributed by atoms with Gasteiger partial charge in [0.05, 0.1) is 21.3 Å². The van der Waals surface area contributed by atoms with E-state index in [1.54, 1.807) is 0 Å². The van der Waals surface area contributed by atoms with E-state index in [4.69, 9.17) is 33.7 Å². The van der Waals surface area contributed by atoms with Gasteiger partial charge < -0.3 is 15.8 Å². The molecule has 0 aliphatic heterocycles. The minimum absolute atomic E-state index is 0.137. The summed E-state index contributed by atoms with van der Waals surface area (Å²) < 4.78 is 4.93. The topological polar surface area (TPSA) is 81.4 Å². The van der Waals surface area contributed by atoms with Crippen LogP contribution in [0.2, 0.25) is 10.0 Å². The quantitative estimate of drug-likeness (QED) is 0.658. The van der Waals surface area contributed by atoms with Gasteiger partial charge in [-0.2, -0.15) is 0 Å². The lowest BCUT2D eigenvalue weighted by molar-refractivity contribution is -0.128. The van der Waals surface area contributed by atoms with Gasteiger partial charge in [-0.3, -0.25) is 4.79 Å². The molecule has 0 aliphatic carbocycles. The lowest BCUT2D eigenvalue weighted by Crippen LogP contribution is -2.33. The number of halogens is 2. The number of rotatable bonds is 3. The second-order valence-electron chi connectivity index (χ2n) is 3.52. The fraction of sp³-hybridized carbons (Fsp3) is 0.273. The van der Waals surface area contributed by atoms with Gasteiger partial charge in [0.15, 0.2) is 6.10 Å². The Morgan fingerprint density at radius 2 is 2.00 bits per heavy atom. The van der Waals surface area contributed by atoms with E-state index in [0.29, 0.717) is 0 Å². The number of amides is 1. The molecular formula is C11H12Cl2N2O3. The maximum atomic E-state index is 11.7. The molecule has 0 aromatic heterocycles. The van der Waals surface area contributed by atoms with E-state index < -0.39 is 18.0 Å². The van der Waals surface area contributed by atoms with E-state index in [1.807, 2.05) is 0 Å². The van der Waals surface area contributed by atoms with Crippen LogP contribution >= 0.6 is 23.2 Å². The van der Waals surface area contributed by atoms with Crippen molar-refractivity contribution in [1.29, 1.82) is 0 Å². The van der Waals surface area contributed by atoms with Crippen LogP contribution in [0.25, 0.3) is 0 Å². The van der Waals surface area contributed by atoms with E-state index in [-0.39, 0.29) is 21.3 Å². The van der Waals surface area contributed by atoms with Crippen LogP contribution in [0.15, 0.2) is 12.1 Å². The van der Waals surface area contributed by atoms with E-state index in [2.05, 4.69) is 5.32 Å². The van der Waals surface area contributed by atoms with Crippen LogP contribution in [-0.4, -0.2) is 25.0 Å². The van der Waals surface area contributed by atoms with Gasteiger partial charge in [0.1, 0.15) is 0 Å². The van der Waals surface area contributed by atoms with E-state index >= 15 is 0 Å². The fourth-order valence-corrected chi connectivity index (χ4v) is 1.55. The molecule has 0 spiro atoms. The monoisotopic (exact) mass is 290 g/mol. The highest BCUT2D eigenvalue weighted by Gasteiger charge is 2.19. The van der Waals surface area contributed by atoms with Gasteiger partial charge in [-0.05, 0) is 19.1 Å². The van der Waals surface area contributed by atoms with Crippen molar-refractivity contribution in [3.8, 4) is 0 Å². The fourth-order valence-electron chi connectivity index (χ4n) is 1.21. The van der Waals surface area contributed by atoms with E-state index in [0.717, 1.165) is 0 Å². The molecule has 1 atom stereocenters. The Morgan fingerprint density at radius 1 is 1.39 bits per heavy atom. The maximum absolute atomic E-state index is 11.7. The molecule has 1 aromatic rings. The largest absolute Gasteiger partial charge is 0.449 e. The Labute approximate surface area is 114 Å². The summed E-state index contributed by atoms with van der Waals surface area (Å²) in [6.45, 7) is 1.46. The van der Waals surface area contributed by atoms with Crippen LogP contribution in [-0.2, 0) is 9.53 Å². The number of benzene rings is 1. The summed E-state index contributed by atoms with van der Waals surface area (Å²) >= 11 is 11.6. The zero-order valence-electron chi connectivity index (χ0n) is 9.79. The van der Waals surface area contributed by atoms with Crippen molar-refractivity contribution in [2.45, 2.75) is 13.0 Å². The summed E-state index contributed by atoms with van der Waals surface area (Å²) in [5.41, 5.74) is 5.88. The number of nitrogen functional groups attached to an aromatic ring is 1. The first-order valence-corrected chi connectivity index (χ1v) is 5.79. The zero-order chi connectivity index (χ0) is 13.9. The zero-order valence-corrected chi connectivity index (χ0v) is 11.3. The summed E-state index contributed by atoms with van der Waals surface area (Å²) in [7, 11) is 1.45. The summed E-state index contributed by atoms with van der Waals surface area (Å²) in [5.74, 6) is -1.10. The minimum atomic E-state index is -0.904. The third-order valence-corrected chi connectivity index (χ3v) is 3.01. The number of likely N-dealkylation sites (N-methyl/N-ethyl adjacent to an activating group) is 1. The average molecular weight is 291 g/mol. The Balaban J connectivity index is 2.89. The molecule has 0 heterocycles. The van der Waals surface area contributed by atoms with Crippen LogP contribution < -0.4 is 11.1 Å². The maximum Gasteiger partial charge on any atom is 0.339 e. The van der Waals surface area contributed by atoms with Crippen molar-refractivity contribution < 1.29 is 14.3 Å². The van der Waals surface area contributed by atoms with Gasteiger partial charge in [-0.25, -0.2) is 4.79 Å². The molecule has 3 N–H and O–H groups in total. The molecule has 1 amide bonds. The van der Waals surface area contributed by atoms with Crippen molar-refractivity contribution >= 4 is 40.8 Å². The molecule has 7 heteroatoms. The summed E-state index contributed by atoms with van der Waals surface area (Å²) in [6.07, 6.45) is -0.904. The molecule has 0 radical (unpaired) electrons. The summed E-state index contributed by atoms with van der Waals surface area (Å²) in [5, 5.41) is 2.69. The van der Waals surface area contributed by atoms with Crippen molar-refractivity contribution in [3.63, 3.8) is 0 Å². The number of anilines is 1. The summed E-state index contributed by atoms with van der Waals surface area (Å²) in [4.78, 5) is 22.9. The molecule has 0 saturated carbocycles. The standard InChI is InChI=1S/C11H12Cl2N2O3/c1-5(10(16)15-2)18-11(17)6-3-7(12)9(13)8(14)4-6/h3-5H,14H2,1-2H3,(H,15,16). The van der Waals surface area contributed by atoms with Crippen molar-refractivity contribution in [3.05, 3.63) is 27.7 Å². The number of nitrogens with one attached hydrogen (secondary N) is 1. The van der Waals surface area contributed by atoms with Gasteiger partial charge in [-0.1, -0.05) is 23.2 Å². The van der Waals surface area contributed by atoms with Gasteiger partial charge in [0, 0.05) is 7.05 Å². The highest BCUT2D eigenvalue weighted by Crippen LogP contribution is 2.29. The molecule has 1 unspecified atom stereocenters. The second kappa shape index (κ2) is 5.93. The minimum Gasteiger partial charge on any atom is -0.449 e. The Bertz CT molecular complexity index is 468. The number of carbonyl (C=O) groups excluding carboxylic acids is 2. The van der Waals surface area contributed by atoms with Crippen molar-refractivity contribution in [2.24, 2.45) is 0 Å². The molecule has 0 fully saturated rings. The molecule has 0 aliphatic rings. The predicted octanol–water partition coefficient (Wildman–Crippen LogP) is 1.87. The number of hydrogen-bond acceptors (Lipinski definition) is 4. The lowest BCUT2D eigenvalue weighted by Gasteiger charge is -2.12. The second-order valence-corrected chi connectivity index (χ2v) is 4.31. The van der Waals surface area contributed by atoms with Crippen LogP contribution in [0.3, 0.4) is 0 Å². The smallest absolute Gasteiger partial charge is 0.339 e. The first kappa shape index (κ1) is 14.6. The third kappa shape index (κ3) is 3.27. The van der Waals surface area contributed by atoms with E-state index in [1.165, 1.54) is 26.1 Å². The number of nitrogens with two attached hydrogens (primary N) is 1. The van der Waals surface area contributed by atoms with Crippen molar-refractivity contribution in [1.82, 2.24) is 5.32 Å². The highest BCUT2D eigenvalue weighted by molar-refractivity contribution is 6.43. The number of ether oxygens (including phenoxy) is 1. The van der Waals surface area contributed by atoms with Gasteiger partial charge >= 0.3 is 5.97 Å². The Kier molecular flexibility index (Phi) is 4.81. The number of esters is 1. The summed E-state index contributed by atoms with van der Waals surface area (Å²) in [6, 6.07) is 2.67. The molecule has 1 aromatic carbocycles. The normalized spacial score (nSPS) is 11.8.